The van der Waals surface area contributed by atoms with Crippen LogP contribution in [0.15, 0.2) is 29.2 Å². The second kappa shape index (κ2) is 5.27. The third kappa shape index (κ3) is 3.03. The fourth-order valence-corrected chi connectivity index (χ4v) is 1.56. The third-order valence-corrected chi connectivity index (χ3v) is 2.68. The lowest BCUT2D eigenvalue weighted by molar-refractivity contribution is 0.170. The molecule has 0 aromatic heterocycles. The van der Waals surface area contributed by atoms with E-state index in [-0.39, 0.29) is 0 Å². The Bertz CT molecular complexity index is 248. The van der Waals surface area contributed by atoms with Crippen LogP contribution < -0.4 is 5.73 Å². The third-order valence-electron chi connectivity index (χ3n) is 1.94. The molecule has 0 heterocycles. The number of nitrogens with two attached hydrogens (primary N) is 1. The molecule has 0 spiro atoms. The Morgan fingerprint density at radius 3 is 2.46 bits per heavy atom. The molecule has 13 heavy (non-hydrogen) atoms. The summed E-state index contributed by atoms with van der Waals surface area (Å²) in [6.45, 7) is 0.519. The molecule has 3 heteroatoms. The van der Waals surface area contributed by atoms with Crippen LogP contribution in [0.5, 0.6) is 0 Å². The van der Waals surface area contributed by atoms with Gasteiger partial charge in [0.2, 0.25) is 0 Å². The monoisotopic (exact) mass is 197 g/mol. The van der Waals surface area contributed by atoms with E-state index in [1.807, 2.05) is 30.5 Å². The normalized spacial score (nSPS) is 12.8. The number of hydrogen-bond acceptors (Lipinski definition) is 3. The number of rotatable bonds is 4. The minimum Gasteiger partial charge on any atom is -0.388 e. The van der Waals surface area contributed by atoms with Gasteiger partial charge in [0.15, 0.2) is 0 Å². The van der Waals surface area contributed by atoms with Gasteiger partial charge in [-0.3, -0.25) is 0 Å². The van der Waals surface area contributed by atoms with Crippen molar-refractivity contribution in [3.8, 4) is 0 Å². The summed E-state index contributed by atoms with van der Waals surface area (Å²) in [7, 11) is 0. The number of aliphatic hydroxyl groups excluding tert-OH is 1. The Morgan fingerprint density at radius 1 is 1.38 bits per heavy atom. The van der Waals surface area contributed by atoms with Crippen LogP contribution in [0.1, 0.15) is 18.1 Å². The van der Waals surface area contributed by atoms with Crippen molar-refractivity contribution in [2.45, 2.75) is 17.4 Å². The molecule has 0 amide bonds. The van der Waals surface area contributed by atoms with E-state index in [1.165, 1.54) is 4.90 Å². The van der Waals surface area contributed by atoms with E-state index in [2.05, 4.69) is 0 Å². The highest BCUT2D eigenvalue weighted by Gasteiger charge is 2.05. The minimum absolute atomic E-state index is 0.416. The summed E-state index contributed by atoms with van der Waals surface area (Å²) in [5.41, 5.74) is 6.31. The molecule has 2 nitrogen and oxygen atoms in total. The van der Waals surface area contributed by atoms with Gasteiger partial charge in [0.25, 0.3) is 0 Å². The molecule has 1 rings (SSSR count). The molecule has 1 atom stereocenters. The highest BCUT2D eigenvalue weighted by atomic mass is 32.2. The molecule has 0 saturated heterocycles. The Hall–Kier alpha value is -0.510. The van der Waals surface area contributed by atoms with Crippen molar-refractivity contribution >= 4 is 11.8 Å². The van der Waals surface area contributed by atoms with Crippen LogP contribution in [-0.2, 0) is 0 Å². The summed E-state index contributed by atoms with van der Waals surface area (Å²) >= 11 is 1.70. The molecule has 72 valence electrons. The van der Waals surface area contributed by atoms with E-state index in [0.717, 1.165) is 5.56 Å². The van der Waals surface area contributed by atoms with Crippen molar-refractivity contribution in [1.29, 1.82) is 0 Å². The number of aliphatic hydroxyl groups is 1. The van der Waals surface area contributed by atoms with Crippen molar-refractivity contribution < 1.29 is 5.11 Å². The van der Waals surface area contributed by atoms with E-state index >= 15 is 0 Å². The van der Waals surface area contributed by atoms with Gasteiger partial charge in [-0.15, -0.1) is 11.8 Å². The first-order valence-corrected chi connectivity index (χ1v) is 5.52. The van der Waals surface area contributed by atoms with Crippen LogP contribution in [0.4, 0.5) is 0 Å². The smallest absolute Gasteiger partial charge is 0.0802 e. The molecule has 1 aromatic carbocycles. The predicted molar refractivity (Wildman–Crippen MR) is 56.9 cm³/mol. The van der Waals surface area contributed by atoms with Crippen molar-refractivity contribution in [1.82, 2.24) is 0 Å². The molecule has 0 aliphatic rings. The van der Waals surface area contributed by atoms with Crippen molar-refractivity contribution in [2.24, 2.45) is 5.73 Å². The lowest BCUT2D eigenvalue weighted by atomic mass is 10.1. The first-order valence-electron chi connectivity index (χ1n) is 4.30. The van der Waals surface area contributed by atoms with Gasteiger partial charge in [0.05, 0.1) is 6.10 Å². The average molecular weight is 197 g/mol. The van der Waals surface area contributed by atoms with Crippen molar-refractivity contribution in [2.75, 3.05) is 12.8 Å². The van der Waals surface area contributed by atoms with Crippen LogP contribution in [0.2, 0.25) is 0 Å². The zero-order valence-electron chi connectivity index (χ0n) is 7.73. The minimum atomic E-state index is -0.416. The molecule has 0 aliphatic carbocycles. The molecule has 3 N–H and O–H groups in total. The zero-order chi connectivity index (χ0) is 9.68. The first-order chi connectivity index (χ1) is 6.27. The van der Waals surface area contributed by atoms with Gasteiger partial charge in [0, 0.05) is 4.90 Å². The predicted octanol–water partition coefficient (Wildman–Crippen LogP) is 1.79. The van der Waals surface area contributed by atoms with Gasteiger partial charge in [-0.1, -0.05) is 12.1 Å². The van der Waals surface area contributed by atoms with Crippen LogP contribution >= 0.6 is 11.8 Å². The van der Waals surface area contributed by atoms with Crippen LogP contribution in [-0.4, -0.2) is 17.9 Å². The fourth-order valence-electron chi connectivity index (χ4n) is 1.15. The highest BCUT2D eigenvalue weighted by Crippen LogP contribution is 2.20. The molecule has 0 aliphatic heterocycles. The quantitative estimate of drug-likeness (QED) is 0.723. The molecule has 0 bridgehead atoms. The second-order valence-electron chi connectivity index (χ2n) is 2.87. The average Bonchev–Trinajstić information content (AvgIpc) is 2.18. The van der Waals surface area contributed by atoms with Crippen LogP contribution in [0.3, 0.4) is 0 Å². The highest BCUT2D eigenvalue weighted by molar-refractivity contribution is 7.98. The SMILES string of the molecule is CSc1ccc([C@H](O)CCN)cc1. The molecule has 1 aromatic rings. The lowest BCUT2D eigenvalue weighted by Crippen LogP contribution is -2.06. The second-order valence-corrected chi connectivity index (χ2v) is 3.75. The van der Waals surface area contributed by atoms with E-state index in [4.69, 9.17) is 5.73 Å². The van der Waals surface area contributed by atoms with E-state index in [1.54, 1.807) is 11.8 Å². The van der Waals surface area contributed by atoms with E-state index < -0.39 is 6.10 Å². The maximum absolute atomic E-state index is 9.60. The summed E-state index contributed by atoms with van der Waals surface area (Å²) in [6.07, 6.45) is 2.24. The number of benzene rings is 1. The van der Waals surface area contributed by atoms with Crippen molar-refractivity contribution in [3.63, 3.8) is 0 Å². The number of thioether (sulfide) groups is 1. The van der Waals surface area contributed by atoms with Gasteiger partial charge >= 0.3 is 0 Å². The Morgan fingerprint density at radius 2 is 2.00 bits per heavy atom. The maximum Gasteiger partial charge on any atom is 0.0802 e. The lowest BCUT2D eigenvalue weighted by Gasteiger charge is -2.09. The summed E-state index contributed by atoms with van der Waals surface area (Å²) < 4.78 is 0. The number of hydrogen-bond donors (Lipinski definition) is 2. The summed E-state index contributed by atoms with van der Waals surface area (Å²) in [6, 6.07) is 7.93. The molecule has 0 saturated carbocycles. The van der Waals surface area contributed by atoms with Gasteiger partial charge in [-0.25, -0.2) is 0 Å². The van der Waals surface area contributed by atoms with Crippen LogP contribution in [0, 0.1) is 0 Å². The standard InChI is InChI=1S/C10H15NOS/c1-13-9-4-2-8(3-5-9)10(12)6-7-11/h2-5,10,12H,6-7,11H2,1H3/t10-/m1/s1. The Kier molecular flexibility index (Phi) is 4.28. The molecule has 0 radical (unpaired) electrons. The Labute approximate surface area is 83.1 Å². The van der Waals surface area contributed by atoms with Gasteiger partial charge in [-0.05, 0) is 36.9 Å². The Balaban J connectivity index is 2.67. The summed E-state index contributed by atoms with van der Waals surface area (Å²) in [5.74, 6) is 0. The van der Waals surface area contributed by atoms with E-state index in [9.17, 15) is 5.11 Å². The molecule has 0 unspecified atom stereocenters. The van der Waals surface area contributed by atoms with E-state index in [0.29, 0.717) is 13.0 Å². The molecular formula is C10H15NOS. The van der Waals surface area contributed by atoms with Gasteiger partial charge in [-0.2, -0.15) is 0 Å². The van der Waals surface area contributed by atoms with Gasteiger partial charge in [0.1, 0.15) is 0 Å². The summed E-state index contributed by atoms with van der Waals surface area (Å²) in [4.78, 5) is 1.21. The van der Waals surface area contributed by atoms with Gasteiger partial charge < -0.3 is 10.8 Å². The fraction of sp³-hybridized carbons (Fsp3) is 0.400. The molecular weight excluding hydrogens is 182 g/mol. The topological polar surface area (TPSA) is 46.2 Å². The zero-order valence-corrected chi connectivity index (χ0v) is 8.55. The van der Waals surface area contributed by atoms with Crippen molar-refractivity contribution in [3.05, 3.63) is 29.8 Å². The largest absolute Gasteiger partial charge is 0.388 e. The maximum atomic E-state index is 9.60. The molecule has 0 fully saturated rings. The summed E-state index contributed by atoms with van der Waals surface area (Å²) in [5, 5.41) is 9.60. The van der Waals surface area contributed by atoms with Crippen LogP contribution in [0.25, 0.3) is 0 Å². The first kappa shape index (κ1) is 10.6.